The quantitative estimate of drug-likeness (QED) is 0.911. The van der Waals surface area contributed by atoms with Gasteiger partial charge in [-0.15, -0.1) is 0 Å². The lowest BCUT2D eigenvalue weighted by Crippen LogP contribution is -2.11. The number of hydrogen-bond donors (Lipinski definition) is 1. The highest BCUT2D eigenvalue weighted by Crippen LogP contribution is 2.23. The largest absolute Gasteiger partial charge is 0.462 e. The first-order valence-electron chi connectivity index (χ1n) is 5.39. The zero-order valence-corrected chi connectivity index (χ0v) is 9.82. The number of halogens is 2. The molecule has 1 aromatic carbocycles. The molecule has 3 nitrogen and oxygen atoms in total. The molecule has 1 heterocycles. The second-order valence-corrected chi connectivity index (χ2v) is 3.92. The number of benzene rings is 1. The van der Waals surface area contributed by atoms with Crippen LogP contribution in [0.25, 0.3) is 0 Å². The third kappa shape index (κ3) is 2.75. The molecule has 1 atom stereocenters. The van der Waals surface area contributed by atoms with Gasteiger partial charge in [0.05, 0.1) is 6.04 Å². The predicted molar refractivity (Wildman–Crippen MR) is 61.8 cm³/mol. The smallest absolute Gasteiger partial charge is 0.129 e. The second-order valence-electron chi connectivity index (χ2n) is 3.92. The molecule has 2 N–H and O–H groups in total. The van der Waals surface area contributed by atoms with Gasteiger partial charge in [-0.1, -0.05) is 0 Å². The van der Waals surface area contributed by atoms with Crippen LogP contribution >= 0.6 is 0 Å². The summed E-state index contributed by atoms with van der Waals surface area (Å²) in [6.07, 6.45) is 0. The maximum atomic E-state index is 13.1. The number of hydrogen-bond acceptors (Lipinski definition) is 3. The van der Waals surface area contributed by atoms with E-state index < -0.39 is 17.7 Å². The molecule has 2 aromatic rings. The first-order chi connectivity index (χ1) is 8.60. The van der Waals surface area contributed by atoms with Crippen LogP contribution in [-0.4, -0.2) is 7.11 Å². The first kappa shape index (κ1) is 12.7. The molecule has 0 bridgehead atoms. The Kier molecular flexibility index (Phi) is 3.74. The Labute approximate surface area is 103 Å². The van der Waals surface area contributed by atoms with Crippen molar-refractivity contribution < 1.29 is 17.9 Å². The Morgan fingerprint density at radius 3 is 2.50 bits per heavy atom. The average Bonchev–Trinajstić information content (AvgIpc) is 2.76. The van der Waals surface area contributed by atoms with Gasteiger partial charge in [-0.25, -0.2) is 8.78 Å². The molecule has 2 rings (SSSR count). The molecule has 1 aromatic heterocycles. The van der Waals surface area contributed by atoms with Crippen LogP contribution in [0.5, 0.6) is 0 Å². The van der Waals surface area contributed by atoms with Crippen molar-refractivity contribution in [1.82, 2.24) is 0 Å². The zero-order chi connectivity index (χ0) is 13.1. The molecule has 0 aliphatic heterocycles. The molecule has 0 aliphatic carbocycles. The van der Waals surface area contributed by atoms with Crippen molar-refractivity contribution in [1.29, 1.82) is 0 Å². The van der Waals surface area contributed by atoms with Crippen LogP contribution in [0, 0.1) is 11.6 Å². The van der Waals surface area contributed by atoms with E-state index >= 15 is 0 Å². The van der Waals surface area contributed by atoms with Gasteiger partial charge in [-0.2, -0.15) is 0 Å². The molecule has 0 aliphatic rings. The van der Waals surface area contributed by atoms with Crippen LogP contribution < -0.4 is 5.73 Å². The highest BCUT2D eigenvalue weighted by atomic mass is 19.1. The maximum Gasteiger partial charge on any atom is 0.129 e. The van der Waals surface area contributed by atoms with Crippen molar-refractivity contribution in [2.75, 3.05) is 7.11 Å². The van der Waals surface area contributed by atoms with Crippen LogP contribution in [0.15, 0.2) is 34.7 Å². The summed E-state index contributed by atoms with van der Waals surface area (Å²) in [6.45, 7) is 0.324. The van der Waals surface area contributed by atoms with Crippen LogP contribution in [0.1, 0.15) is 23.1 Å². The Balaban J connectivity index is 2.26. The standard InChI is InChI=1S/C13H13F2NO2/c1-17-7-11-2-3-12(18-11)13(16)8-4-9(14)6-10(15)5-8/h2-6,13H,7,16H2,1H3. The molecular formula is C13H13F2NO2. The molecule has 1 unspecified atom stereocenters. The van der Waals surface area contributed by atoms with Crippen LogP contribution in [0.4, 0.5) is 8.78 Å². The van der Waals surface area contributed by atoms with Crippen molar-refractivity contribution in [3.8, 4) is 0 Å². The molecule has 96 valence electrons. The number of rotatable bonds is 4. The molecular weight excluding hydrogens is 240 g/mol. The minimum Gasteiger partial charge on any atom is -0.462 e. The molecule has 5 heteroatoms. The minimum absolute atomic E-state index is 0.324. The van der Waals surface area contributed by atoms with E-state index in [9.17, 15) is 8.78 Å². The Bertz CT molecular complexity index is 519. The lowest BCUT2D eigenvalue weighted by molar-refractivity contribution is 0.162. The van der Waals surface area contributed by atoms with E-state index in [2.05, 4.69) is 0 Å². The summed E-state index contributed by atoms with van der Waals surface area (Å²) in [7, 11) is 1.55. The first-order valence-corrected chi connectivity index (χ1v) is 5.39. The van der Waals surface area contributed by atoms with Crippen LogP contribution in [-0.2, 0) is 11.3 Å². The molecule has 0 radical (unpaired) electrons. The van der Waals surface area contributed by atoms with Crippen molar-refractivity contribution >= 4 is 0 Å². The molecule has 0 saturated carbocycles. The van der Waals surface area contributed by atoms with Gasteiger partial charge in [-0.05, 0) is 29.8 Å². The van der Waals surface area contributed by atoms with Crippen LogP contribution in [0.2, 0.25) is 0 Å². The fourth-order valence-electron chi connectivity index (χ4n) is 1.70. The highest BCUT2D eigenvalue weighted by molar-refractivity contribution is 5.28. The lowest BCUT2D eigenvalue weighted by atomic mass is 10.1. The predicted octanol–water partition coefficient (Wildman–Crippen LogP) is 2.75. The topological polar surface area (TPSA) is 48.4 Å². The van der Waals surface area contributed by atoms with Crippen molar-refractivity contribution in [3.63, 3.8) is 0 Å². The summed E-state index contributed by atoms with van der Waals surface area (Å²) in [5.74, 6) is -0.278. The summed E-state index contributed by atoms with van der Waals surface area (Å²) in [6, 6.07) is 5.85. The van der Waals surface area contributed by atoms with E-state index in [0.29, 0.717) is 23.7 Å². The fraction of sp³-hybridized carbons (Fsp3) is 0.231. The van der Waals surface area contributed by atoms with Crippen LogP contribution in [0.3, 0.4) is 0 Å². The van der Waals surface area contributed by atoms with E-state index in [1.54, 1.807) is 19.2 Å². The van der Waals surface area contributed by atoms with Gasteiger partial charge >= 0.3 is 0 Å². The van der Waals surface area contributed by atoms with Gasteiger partial charge in [0, 0.05) is 13.2 Å². The van der Waals surface area contributed by atoms with E-state index in [4.69, 9.17) is 14.9 Å². The third-order valence-electron chi connectivity index (χ3n) is 2.52. The van der Waals surface area contributed by atoms with E-state index in [1.807, 2.05) is 0 Å². The number of nitrogens with two attached hydrogens (primary N) is 1. The van der Waals surface area contributed by atoms with Crippen molar-refractivity contribution in [3.05, 3.63) is 59.1 Å². The molecule has 0 spiro atoms. The average molecular weight is 253 g/mol. The zero-order valence-electron chi connectivity index (χ0n) is 9.82. The third-order valence-corrected chi connectivity index (χ3v) is 2.52. The summed E-state index contributed by atoms with van der Waals surface area (Å²) < 4.78 is 36.5. The summed E-state index contributed by atoms with van der Waals surface area (Å²) in [5, 5.41) is 0. The van der Waals surface area contributed by atoms with Gasteiger partial charge in [0.15, 0.2) is 0 Å². The fourth-order valence-corrected chi connectivity index (χ4v) is 1.70. The molecule has 0 amide bonds. The Morgan fingerprint density at radius 2 is 1.89 bits per heavy atom. The second kappa shape index (κ2) is 5.29. The van der Waals surface area contributed by atoms with Crippen molar-refractivity contribution in [2.45, 2.75) is 12.6 Å². The highest BCUT2D eigenvalue weighted by Gasteiger charge is 2.15. The van der Waals surface area contributed by atoms with E-state index in [1.165, 1.54) is 12.1 Å². The summed E-state index contributed by atoms with van der Waals surface area (Å²) in [5.41, 5.74) is 6.22. The van der Waals surface area contributed by atoms with Gasteiger partial charge in [-0.3, -0.25) is 0 Å². The van der Waals surface area contributed by atoms with Crippen molar-refractivity contribution in [2.24, 2.45) is 5.73 Å². The molecule has 18 heavy (non-hydrogen) atoms. The number of methoxy groups -OCH3 is 1. The number of ether oxygens (including phenoxy) is 1. The molecule has 0 saturated heterocycles. The SMILES string of the molecule is COCc1ccc(C(N)c2cc(F)cc(F)c2)o1. The minimum atomic E-state index is -0.708. The normalized spacial score (nSPS) is 12.7. The Morgan fingerprint density at radius 1 is 1.22 bits per heavy atom. The van der Waals surface area contributed by atoms with Gasteiger partial charge in [0.25, 0.3) is 0 Å². The van der Waals surface area contributed by atoms with E-state index in [0.717, 1.165) is 6.07 Å². The monoisotopic (exact) mass is 253 g/mol. The summed E-state index contributed by atoms with van der Waals surface area (Å²) in [4.78, 5) is 0. The van der Waals surface area contributed by atoms with Gasteiger partial charge < -0.3 is 14.9 Å². The van der Waals surface area contributed by atoms with Gasteiger partial charge in [0.2, 0.25) is 0 Å². The lowest BCUT2D eigenvalue weighted by Gasteiger charge is -2.09. The molecule has 0 fully saturated rings. The van der Waals surface area contributed by atoms with Gasteiger partial charge in [0.1, 0.15) is 29.8 Å². The maximum absolute atomic E-state index is 13.1. The number of furan rings is 1. The van der Waals surface area contributed by atoms with E-state index in [-0.39, 0.29) is 0 Å². The summed E-state index contributed by atoms with van der Waals surface area (Å²) >= 11 is 0. The Hall–Kier alpha value is -1.72.